The number of ether oxygens (including phenoxy) is 5. The van der Waals surface area contributed by atoms with Gasteiger partial charge in [0.15, 0.2) is 11.4 Å². The van der Waals surface area contributed by atoms with E-state index in [4.69, 9.17) is 23.7 Å². The van der Waals surface area contributed by atoms with Gasteiger partial charge in [-0.1, -0.05) is 13.8 Å². The molecule has 7 fully saturated rings. The van der Waals surface area contributed by atoms with Gasteiger partial charge in [0, 0.05) is 52.0 Å². The fourth-order valence-corrected chi connectivity index (χ4v) is 11.1. The first-order chi connectivity index (χ1) is 15.8. The SMILES string of the molecule is CCN1CC2(C)CCC(OC)C34C2C(=O)C2(OCOC25CC(OC)C2CC3(O)C5C2OC)C14. The minimum absolute atomic E-state index is 0.0344. The summed E-state index contributed by atoms with van der Waals surface area (Å²) in [5, 5.41) is 13.2. The summed E-state index contributed by atoms with van der Waals surface area (Å²) in [7, 11) is 5.17. The summed E-state index contributed by atoms with van der Waals surface area (Å²) in [5.74, 6) is -0.540. The largest absolute Gasteiger partial charge is 0.389 e. The Balaban J connectivity index is 1.61. The van der Waals surface area contributed by atoms with Crippen LogP contribution in [-0.4, -0.2) is 98.2 Å². The Hall–Kier alpha value is -0.610. The number of piperidine rings is 1. The van der Waals surface area contributed by atoms with Crippen LogP contribution < -0.4 is 0 Å². The fourth-order valence-electron chi connectivity index (χ4n) is 11.1. The number of carbonyl (C=O) groups is 1. The number of carbonyl (C=O) groups excluding carboxylic acids is 1. The van der Waals surface area contributed by atoms with Crippen LogP contribution in [0.1, 0.15) is 39.5 Å². The molecule has 7 rings (SSSR count). The van der Waals surface area contributed by atoms with Gasteiger partial charge in [0.2, 0.25) is 0 Å². The Kier molecular flexibility index (Phi) is 4.07. The highest BCUT2D eigenvalue weighted by Crippen LogP contribution is 2.82. The third-order valence-electron chi connectivity index (χ3n) is 11.6. The maximum atomic E-state index is 14.9. The molecule has 184 valence electrons. The predicted octanol–water partition coefficient (Wildman–Crippen LogP) is 0.987. The number of ketones is 1. The summed E-state index contributed by atoms with van der Waals surface area (Å²) < 4.78 is 31.6. The zero-order valence-corrected chi connectivity index (χ0v) is 20.3. The van der Waals surface area contributed by atoms with Crippen LogP contribution in [0, 0.1) is 28.6 Å². The summed E-state index contributed by atoms with van der Waals surface area (Å²) in [4.78, 5) is 17.3. The van der Waals surface area contributed by atoms with Gasteiger partial charge >= 0.3 is 0 Å². The van der Waals surface area contributed by atoms with Crippen molar-refractivity contribution in [3.63, 3.8) is 0 Å². The molecule has 12 unspecified atom stereocenters. The predicted molar refractivity (Wildman–Crippen MR) is 115 cm³/mol. The second kappa shape index (κ2) is 6.20. The lowest BCUT2D eigenvalue weighted by atomic mass is 9.41. The minimum Gasteiger partial charge on any atom is -0.389 e. The Labute approximate surface area is 195 Å². The van der Waals surface area contributed by atoms with E-state index in [9.17, 15) is 9.90 Å². The molecule has 3 spiro atoms. The standard InChI is InChI=1S/C25H37NO7/c1-6-26-11-21(2)8-7-15(30-4)24-18(21)19(27)25(20(24)26)23(32-12-33-25)10-14(29-3)13-9-22(24,28)17(23)16(13)31-5/h13-18,20,28H,6-12H2,1-5H3. The van der Waals surface area contributed by atoms with E-state index >= 15 is 0 Å². The van der Waals surface area contributed by atoms with E-state index in [2.05, 4.69) is 18.7 Å². The van der Waals surface area contributed by atoms with Gasteiger partial charge in [-0.05, 0) is 31.2 Å². The van der Waals surface area contributed by atoms with Gasteiger partial charge in [0.25, 0.3) is 0 Å². The average Bonchev–Trinajstić information content (AvgIpc) is 3.35. The number of methoxy groups -OCH3 is 3. The first-order valence-electron chi connectivity index (χ1n) is 12.6. The molecule has 7 aliphatic rings. The topological polar surface area (TPSA) is 86.7 Å². The van der Waals surface area contributed by atoms with E-state index in [-0.39, 0.29) is 60.1 Å². The van der Waals surface area contributed by atoms with Crippen molar-refractivity contribution in [2.24, 2.45) is 28.6 Å². The number of likely N-dealkylation sites (tertiary alicyclic amines) is 1. The maximum absolute atomic E-state index is 14.9. The molecular weight excluding hydrogens is 426 g/mol. The summed E-state index contributed by atoms with van der Waals surface area (Å²) in [6.07, 6.45) is 2.13. The molecule has 5 saturated carbocycles. The number of nitrogens with zero attached hydrogens (tertiary/aromatic N) is 1. The minimum atomic E-state index is -1.18. The molecule has 8 nitrogen and oxygen atoms in total. The Morgan fingerprint density at radius 2 is 1.94 bits per heavy atom. The normalized spacial score (nSPS) is 62.6. The Bertz CT molecular complexity index is 915. The molecule has 0 aromatic carbocycles. The average molecular weight is 464 g/mol. The molecule has 0 aromatic heterocycles. The van der Waals surface area contributed by atoms with Crippen molar-refractivity contribution in [3.8, 4) is 0 Å². The number of hydrogen-bond donors (Lipinski definition) is 1. The number of likely N-dealkylation sites (N-methyl/N-ethyl adjacent to an activating group) is 1. The molecule has 0 amide bonds. The molecule has 33 heavy (non-hydrogen) atoms. The van der Waals surface area contributed by atoms with Crippen molar-refractivity contribution in [3.05, 3.63) is 0 Å². The molecule has 0 aromatic rings. The second-order valence-electron chi connectivity index (χ2n) is 12.1. The lowest BCUT2D eigenvalue weighted by Crippen LogP contribution is -2.85. The van der Waals surface area contributed by atoms with E-state index in [0.29, 0.717) is 12.8 Å². The van der Waals surface area contributed by atoms with Crippen LogP contribution in [-0.2, 0) is 28.5 Å². The number of aliphatic hydroxyl groups is 1. The van der Waals surface area contributed by atoms with Crippen LogP contribution in [0.5, 0.6) is 0 Å². The molecule has 2 aliphatic heterocycles. The number of hydrogen-bond acceptors (Lipinski definition) is 8. The molecule has 12 atom stereocenters. The van der Waals surface area contributed by atoms with Gasteiger partial charge in [-0.2, -0.15) is 0 Å². The molecular formula is C25H37NO7. The quantitative estimate of drug-likeness (QED) is 0.661. The van der Waals surface area contributed by atoms with Gasteiger partial charge < -0.3 is 28.8 Å². The van der Waals surface area contributed by atoms with E-state index in [1.54, 1.807) is 21.3 Å². The van der Waals surface area contributed by atoms with Crippen LogP contribution in [0.4, 0.5) is 0 Å². The lowest BCUT2D eigenvalue weighted by Gasteiger charge is -2.71. The summed E-state index contributed by atoms with van der Waals surface area (Å²) in [5.41, 5.74) is -4.31. The molecule has 2 saturated heterocycles. The summed E-state index contributed by atoms with van der Waals surface area (Å²) in [6.45, 7) is 6.07. The van der Waals surface area contributed by atoms with Crippen LogP contribution in [0.25, 0.3) is 0 Å². The van der Waals surface area contributed by atoms with Crippen molar-refractivity contribution in [2.75, 3.05) is 41.2 Å². The zero-order chi connectivity index (χ0) is 23.2. The third kappa shape index (κ3) is 1.81. The second-order valence-corrected chi connectivity index (χ2v) is 12.1. The summed E-state index contributed by atoms with van der Waals surface area (Å²) >= 11 is 0. The van der Waals surface area contributed by atoms with Crippen molar-refractivity contribution < 1.29 is 33.6 Å². The maximum Gasteiger partial charge on any atom is 0.175 e. The van der Waals surface area contributed by atoms with E-state index in [0.717, 1.165) is 25.9 Å². The zero-order valence-electron chi connectivity index (χ0n) is 20.3. The third-order valence-corrected chi connectivity index (χ3v) is 11.6. The van der Waals surface area contributed by atoms with Crippen molar-refractivity contribution in [1.29, 1.82) is 0 Å². The number of rotatable bonds is 4. The Morgan fingerprint density at radius 1 is 1.15 bits per heavy atom. The lowest BCUT2D eigenvalue weighted by molar-refractivity contribution is -0.332. The highest BCUT2D eigenvalue weighted by molar-refractivity contribution is 5.99. The highest BCUT2D eigenvalue weighted by Gasteiger charge is 2.97. The van der Waals surface area contributed by atoms with Crippen LogP contribution >= 0.6 is 0 Å². The van der Waals surface area contributed by atoms with Crippen molar-refractivity contribution in [1.82, 2.24) is 4.90 Å². The first kappa shape index (κ1) is 21.7. The van der Waals surface area contributed by atoms with E-state index in [1.807, 2.05) is 0 Å². The van der Waals surface area contributed by atoms with Crippen LogP contribution in [0.2, 0.25) is 0 Å². The van der Waals surface area contributed by atoms with Crippen molar-refractivity contribution >= 4 is 5.78 Å². The van der Waals surface area contributed by atoms with E-state index < -0.39 is 22.2 Å². The molecule has 5 aliphatic carbocycles. The number of fused-ring (bicyclic) bond motifs is 1. The van der Waals surface area contributed by atoms with Gasteiger partial charge in [-0.15, -0.1) is 0 Å². The molecule has 2 heterocycles. The van der Waals surface area contributed by atoms with Crippen LogP contribution in [0.3, 0.4) is 0 Å². The van der Waals surface area contributed by atoms with Gasteiger partial charge in [0.05, 0.1) is 35.4 Å². The Morgan fingerprint density at radius 3 is 2.61 bits per heavy atom. The summed E-state index contributed by atoms with van der Waals surface area (Å²) in [6, 6.07) is -0.290. The first-order valence-corrected chi connectivity index (χ1v) is 12.6. The van der Waals surface area contributed by atoms with Gasteiger partial charge in [-0.25, -0.2) is 0 Å². The smallest absolute Gasteiger partial charge is 0.175 e. The molecule has 8 heteroatoms. The highest BCUT2D eigenvalue weighted by atomic mass is 16.7. The monoisotopic (exact) mass is 463 g/mol. The van der Waals surface area contributed by atoms with Crippen LogP contribution in [0.15, 0.2) is 0 Å². The molecule has 0 radical (unpaired) electrons. The van der Waals surface area contributed by atoms with E-state index in [1.165, 1.54) is 0 Å². The number of Topliss-reactive ketones (excluding diaryl/α,β-unsaturated/α-hetero) is 1. The van der Waals surface area contributed by atoms with Gasteiger partial charge in [-0.3, -0.25) is 9.69 Å². The molecule has 7 bridgehead atoms. The van der Waals surface area contributed by atoms with Crippen molar-refractivity contribution in [2.45, 2.75) is 80.7 Å². The molecule has 1 N–H and O–H groups in total. The van der Waals surface area contributed by atoms with Gasteiger partial charge in [0.1, 0.15) is 12.4 Å². The fraction of sp³-hybridized carbons (Fsp3) is 0.960.